The molecule has 0 bridgehead atoms. The summed E-state index contributed by atoms with van der Waals surface area (Å²) in [5, 5.41) is 3.54. The molecule has 118 valence electrons. The summed E-state index contributed by atoms with van der Waals surface area (Å²) in [5.74, 6) is 0.731. The SMILES string of the molecule is CC(C)CNCCC1(OCCCc2ccccc2)CCC1. The van der Waals surface area contributed by atoms with Crippen molar-refractivity contribution in [3.63, 3.8) is 0 Å². The Kier molecular flexibility index (Phi) is 6.72. The number of hydrogen-bond acceptors (Lipinski definition) is 2. The van der Waals surface area contributed by atoms with Crippen molar-refractivity contribution < 1.29 is 4.74 Å². The van der Waals surface area contributed by atoms with Gasteiger partial charge in [0.2, 0.25) is 0 Å². The van der Waals surface area contributed by atoms with Crippen LogP contribution in [0.5, 0.6) is 0 Å². The second-order valence-corrected chi connectivity index (χ2v) is 6.82. The fraction of sp³-hybridized carbons (Fsp3) is 0.684. The second kappa shape index (κ2) is 8.55. The molecule has 1 aromatic rings. The van der Waals surface area contributed by atoms with E-state index in [9.17, 15) is 0 Å². The zero-order valence-electron chi connectivity index (χ0n) is 13.7. The number of rotatable bonds is 10. The molecular formula is C19H31NO. The zero-order chi connectivity index (χ0) is 15.0. The maximum absolute atomic E-state index is 6.25. The van der Waals surface area contributed by atoms with Crippen LogP contribution >= 0.6 is 0 Å². The van der Waals surface area contributed by atoms with Crippen molar-refractivity contribution in [3.8, 4) is 0 Å². The minimum Gasteiger partial charge on any atom is -0.375 e. The molecule has 0 aromatic heterocycles. The lowest BCUT2D eigenvalue weighted by molar-refractivity contribution is -0.105. The van der Waals surface area contributed by atoms with Gasteiger partial charge in [0.15, 0.2) is 0 Å². The van der Waals surface area contributed by atoms with Gasteiger partial charge in [-0.15, -0.1) is 0 Å². The van der Waals surface area contributed by atoms with Crippen LogP contribution in [0.1, 0.15) is 51.5 Å². The molecule has 21 heavy (non-hydrogen) atoms. The standard InChI is InChI=1S/C19H31NO/c1-17(2)16-20-14-13-19(11-7-12-19)21-15-6-10-18-8-4-3-5-9-18/h3-5,8-9,17,20H,6-7,10-16H2,1-2H3. The van der Waals surface area contributed by atoms with Gasteiger partial charge < -0.3 is 10.1 Å². The first-order valence-electron chi connectivity index (χ1n) is 8.59. The Balaban J connectivity index is 1.60. The van der Waals surface area contributed by atoms with E-state index in [0.29, 0.717) is 0 Å². The Labute approximate surface area is 130 Å². The smallest absolute Gasteiger partial charge is 0.0694 e. The molecule has 1 N–H and O–H groups in total. The van der Waals surface area contributed by atoms with E-state index in [1.165, 1.54) is 31.2 Å². The van der Waals surface area contributed by atoms with Crippen molar-refractivity contribution in [2.24, 2.45) is 5.92 Å². The van der Waals surface area contributed by atoms with Gasteiger partial charge >= 0.3 is 0 Å². The topological polar surface area (TPSA) is 21.3 Å². The molecule has 0 aliphatic heterocycles. The summed E-state index contributed by atoms with van der Waals surface area (Å²) in [4.78, 5) is 0. The largest absolute Gasteiger partial charge is 0.375 e. The van der Waals surface area contributed by atoms with Gasteiger partial charge in [-0.25, -0.2) is 0 Å². The van der Waals surface area contributed by atoms with E-state index in [0.717, 1.165) is 38.5 Å². The number of aryl methyl sites for hydroxylation is 1. The first-order valence-corrected chi connectivity index (χ1v) is 8.59. The molecular weight excluding hydrogens is 258 g/mol. The minimum absolute atomic E-state index is 0.195. The van der Waals surface area contributed by atoms with Crippen molar-refractivity contribution in [2.45, 2.75) is 58.0 Å². The lowest BCUT2D eigenvalue weighted by atomic mass is 9.77. The summed E-state index contributed by atoms with van der Waals surface area (Å²) in [6, 6.07) is 10.7. The molecule has 0 radical (unpaired) electrons. The minimum atomic E-state index is 0.195. The molecule has 2 heteroatoms. The molecule has 1 fully saturated rings. The van der Waals surface area contributed by atoms with Gasteiger partial charge in [0.05, 0.1) is 5.60 Å². The number of ether oxygens (including phenoxy) is 1. The van der Waals surface area contributed by atoms with Crippen LogP contribution in [-0.2, 0) is 11.2 Å². The summed E-state index contributed by atoms with van der Waals surface area (Å²) in [6.45, 7) is 7.62. The maximum Gasteiger partial charge on any atom is 0.0694 e. The lowest BCUT2D eigenvalue weighted by Crippen LogP contribution is -2.43. The van der Waals surface area contributed by atoms with Gasteiger partial charge in [-0.1, -0.05) is 44.2 Å². The average molecular weight is 289 g/mol. The van der Waals surface area contributed by atoms with Crippen LogP contribution in [0, 0.1) is 5.92 Å². The van der Waals surface area contributed by atoms with E-state index in [4.69, 9.17) is 4.74 Å². The van der Waals surface area contributed by atoms with Crippen LogP contribution in [0.2, 0.25) is 0 Å². The predicted octanol–water partition coefficient (Wildman–Crippen LogP) is 4.19. The van der Waals surface area contributed by atoms with E-state index in [-0.39, 0.29) is 5.60 Å². The lowest BCUT2D eigenvalue weighted by Gasteiger charge is -2.42. The summed E-state index contributed by atoms with van der Waals surface area (Å²) < 4.78 is 6.25. The summed E-state index contributed by atoms with van der Waals surface area (Å²) in [5.41, 5.74) is 1.61. The molecule has 0 atom stereocenters. The van der Waals surface area contributed by atoms with Crippen molar-refractivity contribution in [3.05, 3.63) is 35.9 Å². The normalized spacial score (nSPS) is 16.9. The van der Waals surface area contributed by atoms with Gasteiger partial charge in [0, 0.05) is 6.61 Å². The highest BCUT2D eigenvalue weighted by molar-refractivity contribution is 5.14. The highest BCUT2D eigenvalue weighted by Crippen LogP contribution is 2.38. The third-order valence-electron chi connectivity index (χ3n) is 4.44. The van der Waals surface area contributed by atoms with Crippen LogP contribution in [0.25, 0.3) is 0 Å². The number of benzene rings is 1. The Morgan fingerprint density at radius 2 is 1.95 bits per heavy atom. The summed E-state index contributed by atoms with van der Waals surface area (Å²) in [7, 11) is 0. The van der Waals surface area contributed by atoms with E-state index in [2.05, 4.69) is 49.5 Å². The highest BCUT2D eigenvalue weighted by Gasteiger charge is 2.37. The van der Waals surface area contributed by atoms with Crippen LogP contribution < -0.4 is 5.32 Å². The molecule has 1 aliphatic rings. The fourth-order valence-corrected chi connectivity index (χ4v) is 2.95. The van der Waals surface area contributed by atoms with Gasteiger partial charge in [-0.05, 0) is 63.1 Å². The van der Waals surface area contributed by atoms with Gasteiger partial charge in [0.25, 0.3) is 0 Å². The van der Waals surface area contributed by atoms with Crippen molar-refractivity contribution in [2.75, 3.05) is 19.7 Å². The van der Waals surface area contributed by atoms with E-state index in [1.54, 1.807) is 0 Å². The second-order valence-electron chi connectivity index (χ2n) is 6.82. The van der Waals surface area contributed by atoms with Crippen LogP contribution in [0.4, 0.5) is 0 Å². The zero-order valence-corrected chi connectivity index (χ0v) is 13.7. The molecule has 1 saturated carbocycles. The Bertz CT molecular complexity index is 384. The molecule has 2 nitrogen and oxygen atoms in total. The van der Waals surface area contributed by atoms with Gasteiger partial charge in [-0.2, -0.15) is 0 Å². The van der Waals surface area contributed by atoms with Crippen LogP contribution in [0.3, 0.4) is 0 Å². The van der Waals surface area contributed by atoms with Gasteiger partial charge in [0.1, 0.15) is 0 Å². The monoisotopic (exact) mass is 289 g/mol. The molecule has 1 aliphatic carbocycles. The van der Waals surface area contributed by atoms with Crippen molar-refractivity contribution >= 4 is 0 Å². The first kappa shape index (κ1) is 16.5. The summed E-state index contributed by atoms with van der Waals surface area (Å²) in [6.07, 6.45) is 7.27. The van der Waals surface area contributed by atoms with Crippen molar-refractivity contribution in [1.29, 1.82) is 0 Å². The summed E-state index contributed by atoms with van der Waals surface area (Å²) >= 11 is 0. The highest BCUT2D eigenvalue weighted by atomic mass is 16.5. The third-order valence-corrected chi connectivity index (χ3v) is 4.44. The molecule has 0 heterocycles. The maximum atomic E-state index is 6.25. The average Bonchev–Trinajstić information content (AvgIpc) is 2.45. The van der Waals surface area contributed by atoms with E-state index in [1.807, 2.05) is 0 Å². The van der Waals surface area contributed by atoms with Crippen LogP contribution in [-0.4, -0.2) is 25.3 Å². The molecule has 0 amide bonds. The Morgan fingerprint density at radius 3 is 2.57 bits per heavy atom. The number of nitrogens with one attached hydrogen (secondary N) is 1. The van der Waals surface area contributed by atoms with E-state index < -0.39 is 0 Å². The van der Waals surface area contributed by atoms with Gasteiger partial charge in [-0.3, -0.25) is 0 Å². The number of hydrogen-bond donors (Lipinski definition) is 1. The molecule has 2 rings (SSSR count). The molecule has 0 unspecified atom stereocenters. The first-order chi connectivity index (χ1) is 10.2. The fourth-order valence-electron chi connectivity index (χ4n) is 2.95. The van der Waals surface area contributed by atoms with Crippen molar-refractivity contribution in [1.82, 2.24) is 5.32 Å². The quantitative estimate of drug-likeness (QED) is 0.652. The molecule has 0 spiro atoms. The predicted molar refractivity (Wildman–Crippen MR) is 89.6 cm³/mol. The Hall–Kier alpha value is -0.860. The van der Waals surface area contributed by atoms with Crippen LogP contribution in [0.15, 0.2) is 30.3 Å². The third kappa shape index (κ3) is 5.80. The molecule has 1 aromatic carbocycles. The van der Waals surface area contributed by atoms with E-state index >= 15 is 0 Å². The molecule has 0 saturated heterocycles. The Morgan fingerprint density at radius 1 is 1.19 bits per heavy atom.